The minimum atomic E-state index is -0.177. The SMILES string of the molecule is O=C1CN(c2ccccc2Oc2ccccc2)C(=O)CN1. The highest BCUT2D eigenvalue weighted by molar-refractivity contribution is 6.05. The van der Waals surface area contributed by atoms with Crippen LogP contribution in [0, 0.1) is 0 Å². The van der Waals surface area contributed by atoms with Gasteiger partial charge in [0.05, 0.1) is 12.2 Å². The third-order valence-electron chi connectivity index (χ3n) is 3.17. The van der Waals surface area contributed by atoms with Gasteiger partial charge in [0, 0.05) is 0 Å². The molecular formula is C16H14N2O3. The summed E-state index contributed by atoms with van der Waals surface area (Å²) in [5.74, 6) is 0.897. The molecule has 0 spiro atoms. The molecule has 21 heavy (non-hydrogen) atoms. The molecule has 5 nitrogen and oxygen atoms in total. The van der Waals surface area contributed by atoms with Crippen LogP contribution in [-0.2, 0) is 9.59 Å². The normalized spacial score (nSPS) is 14.8. The molecule has 0 unspecified atom stereocenters. The van der Waals surface area contributed by atoms with E-state index >= 15 is 0 Å². The minimum Gasteiger partial charge on any atom is -0.455 e. The summed E-state index contributed by atoms with van der Waals surface area (Å²) in [6.07, 6.45) is 0. The van der Waals surface area contributed by atoms with Gasteiger partial charge in [-0.2, -0.15) is 0 Å². The molecule has 2 aromatic carbocycles. The predicted octanol–water partition coefficient (Wildman–Crippen LogP) is 1.94. The van der Waals surface area contributed by atoms with Crippen molar-refractivity contribution in [3.05, 3.63) is 54.6 Å². The molecule has 0 bridgehead atoms. The maximum atomic E-state index is 12.0. The van der Waals surface area contributed by atoms with E-state index in [1.165, 1.54) is 4.90 Å². The second-order valence-electron chi connectivity index (χ2n) is 4.64. The van der Waals surface area contributed by atoms with Crippen LogP contribution in [0.15, 0.2) is 54.6 Å². The van der Waals surface area contributed by atoms with Crippen molar-refractivity contribution in [1.29, 1.82) is 0 Å². The monoisotopic (exact) mass is 282 g/mol. The average Bonchev–Trinajstić information content (AvgIpc) is 2.51. The lowest BCUT2D eigenvalue weighted by atomic mass is 10.2. The fraction of sp³-hybridized carbons (Fsp3) is 0.125. The summed E-state index contributed by atoms with van der Waals surface area (Å²) in [5, 5.41) is 2.53. The van der Waals surface area contributed by atoms with Crippen molar-refractivity contribution in [2.24, 2.45) is 0 Å². The Morgan fingerprint density at radius 3 is 2.48 bits per heavy atom. The van der Waals surface area contributed by atoms with Crippen molar-refractivity contribution in [3.63, 3.8) is 0 Å². The van der Waals surface area contributed by atoms with Crippen molar-refractivity contribution in [2.45, 2.75) is 0 Å². The summed E-state index contributed by atoms with van der Waals surface area (Å²) in [6.45, 7) is 0.0203. The van der Waals surface area contributed by atoms with E-state index in [1.807, 2.05) is 42.5 Å². The Bertz CT molecular complexity index is 670. The number of rotatable bonds is 3. The van der Waals surface area contributed by atoms with E-state index in [4.69, 9.17) is 4.74 Å². The third kappa shape index (κ3) is 2.86. The van der Waals surface area contributed by atoms with Crippen LogP contribution in [0.1, 0.15) is 0 Å². The number of nitrogens with zero attached hydrogens (tertiary/aromatic N) is 1. The lowest BCUT2D eigenvalue weighted by Crippen LogP contribution is -2.51. The summed E-state index contributed by atoms with van der Waals surface area (Å²) < 4.78 is 5.82. The number of nitrogens with one attached hydrogen (secondary N) is 1. The lowest BCUT2D eigenvalue weighted by Gasteiger charge is -2.28. The number of ether oxygens (including phenoxy) is 1. The second-order valence-corrected chi connectivity index (χ2v) is 4.64. The van der Waals surface area contributed by atoms with Crippen LogP contribution in [0.5, 0.6) is 11.5 Å². The number of anilines is 1. The Kier molecular flexibility index (Phi) is 3.55. The molecule has 0 saturated carbocycles. The third-order valence-corrected chi connectivity index (χ3v) is 3.17. The standard InChI is InChI=1S/C16H14N2O3/c19-15-11-18(16(20)10-17-15)13-8-4-5-9-14(13)21-12-6-2-1-3-7-12/h1-9H,10-11H2,(H,17,19). The summed E-state index contributed by atoms with van der Waals surface area (Å²) in [6, 6.07) is 16.5. The highest BCUT2D eigenvalue weighted by Crippen LogP contribution is 2.32. The van der Waals surface area contributed by atoms with Crippen LogP contribution in [0.25, 0.3) is 0 Å². The molecule has 2 amide bonds. The zero-order valence-electron chi connectivity index (χ0n) is 11.3. The van der Waals surface area contributed by atoms with Gasteiger partial charge in [-0.25, -0.2) is 0 Å². The molecule has 5 heteroatoms. The zero-order valence-corrected chi connectivity index (χ0v) is 11.3. The van der Waals surface area contributed by atoms with E-state index in [1.54, 1.807) is 12.1 Å². The van der Waals surface area contributed by atoms with Crippen molar-refractivity contribution in [1.82, 2.24) is 5.32 Å². The van der Waals surface area contributed by atoms with Gasteiger partial charge in [-0.05, 0) is 24.3 Å². The first-order chi connectivity index (χ1) is 10.2. The van der Waals surface area contributed by atoms with Crippen LogP contribution in [0.4, 0.5) is 5.69 Å². The molecular weight excluding hydrogens is 268 g/mol. The van der Waals surface area contributed by atoms with Gasteiger partial charge in [0.2, 0.25) is 11.8 Å². The highest BCUT2D eigenvalue weighted by atomic mass is 16.5. The highest BCUT2D eigenvalue weighted by Gasteiger charge is 2.26. The first kappa shape index (κ1) is 13.2. The molecule has 0 aromatic heterocycles. The van der Waals surface area contributed by atoms with Crippen LogP contribution in [0.3, 0.4) is 0 Å². The summed E-state index contributed by atoms with van der Waals surface area (Å²) in [7, 11) is 0. The molecule has 1 saturated heterocycles. The van der Waals surface area contributed by atoms with E-state index in [2.05, 4.69) is 5.32 Å². The average molecular weight is 282 g/mol. The van der Waals surface area contributed by atoms with Gasteiger partial charge < -0.3 is 10.1 Å². The Labute approximate surface area is 122 Å². The van der Waals surface area contributed by atoms with Crippen LogP contribution in [0.2, 0.25) is 0 Å². The number of benzene rings is 2. The molecule has 106 valence electrons. The number of amides is 2. The van der Waals surface area contributed by atoms with Crippen LogP contribution >= 0.6 is 0 Å². The molecule has 0 atom stereocenters. The largest absolute Gasteiger partial charge is 0.455 e. The number of hydrogen-bond acceptors (Lipinski definition) is 3. The number of hydrogen-bond donors (Lipinski definition) is 1. The molecule has 1 N–H and O–H groups in total. The van der Waals surface area contributed by atoms with Gasteiger partial charge >= 0.3 is 0 Å². The van der Waals surface area contributed by atoms with Crippen molar-refractivity contribution >= 4 is 17.5 Å². The maximum absolute atomic E-state index is 12.0. The smallest absolute Gasteiger partial charge is 0.246 e. The Morgan fingerprint density at radius 1 is 0.952 bits per heavy atom. The van der Waals surface area contributed by atoms with Crippen LogP contribution < -0.4 is 15.0 Å². The first-order valence-electron chi connectivity index (χ1n) is 6.63. The van der Waals surface area contributed by atoms with Gasteiger partial charge in [-0.1, -0.05) is 30.3 Å². The number of piperazine rings is 1. The Hall–Kier alpha value is -2.82. The summed E-state index contributed by atoms with van der Waals surface area (Å²) >= 11 is 0. The van der Waals surface area contributed by atoms with E-state index < -0.39 is 0 Å². The quantitative estimate of drug-likeness (QED) is 0.936. The fourth-order valence-corrected chi connectivity index (χ4v) is 2.16. The molecule has 1 aliphatic heterocycles. The number of carbonyl (C=O) groups excluding carboxylic acids is 2. The van der Waals surface area contributed by atoms with Gasteiger partial charge in [-0.3, -0.25) is 14.5 Å². The summed E-state index contributed by atoms with van der Waals surface area (Å²) in [4.78, 5) is 25.0. The van der Waals surface area contributed by atoms with Crippen LogP contribution in [-0.4, -0.2) is 24.9 Å². The Balaban J connectivity index is 1.92. The molecule has 0 radical (unpaired) electrons. The van der Waals surface area contributed by atoms with Crippen molar-refractivity contribution < 1.29 is 14.3 Å². The summed E-state index contributed by atoms with van der Waals surface area (Å²) in [5.41, 5.74) is 0.598. The molecule has 2 aromatic rings. The molecule has 1 aliphatic rings. The molecule has 1 fully saturated rings. The first-order valence-corrected chi connectivity index (χ1v) is 6.63. The van der Waals surface area contributed by atoms with Gasteiger partial charge in [-0.15, -0.1) is 0 Å². The fourth-order valence-electron chi connectivity index (χ4n) is 2.16. The molecule has 1 heterocycles. The van der Waals surface area contributed by atoms with Crippen molar-refractivity contribution in [2.75, 3.05) is 18.0 Å². The van der Waals surface area contributed by atoms with E-state index in [0.29, 0.717) is 17.2 Å². The predicted molar refractivity (Wildman–Crippen MR) is 78.3 cm³/mol. The maximum Gasteiger partial charge on any atom is 0.246 e. The number of para-hydroxylation sites is 3. The van der Waals surface area contributed by atoms with E-state index in [9.17, 15) is 9.59 Å². The molecule has 3 rings (SSSR count). The second kappa shape index (κ2) is 5.66. The number of carbonyl (C=O) groups is 2. The van der Waals surface area contributed by atoms with Gasteiger partial charge in [0.15, 0.2) is 5.75 Å². The van der Waals surface area contributed by atoms with Gasteiger partial charge in [0.25, 0.3) is 0 Å². The topological polar surface area (TPSA) is 58.6 Å². The minimum absolute atomic E-state index is 0.00793. The van der Waals surface area contributed by atoms with E-state index in [0.717, 1.165) is 0 Å². The van der Waals surface area contributed by atoms with Gasteiger partial charge in [0.1, 0.15) is 12.3 Å². The Morgan fingerprint density at radius 2 is 1.67 bits per heavy atom. The van der Waals surface area contributed by atoms with Crippen molar-refractivity contribution in [3.8, 4) is 11.5 Å². The lowest BCUT2D eigenvalue weighted by molar-refractivity contribution is -0.128. The van der Waals surface area contributed by atoms with E-state index in [-0.39, 0.29) is 24.9 Å². The molecule has 0 aliphatic carbocycles. The zero-order chi connectivity index (χ0) is 14.7.